The van der Waals surface area contributed by atoms with Crippen LogP contribution in [0.4, 0.5) is 11.5 Å². The van der Waals surface area contributed by atoms with Crippen LogP contribution in [0.2, 0.25) is 0 Å². The van der Waals surface area contributed by atoms with Crippen molar-refractivity contribution in [3.8, 4) is 17.0 Å². The highest BCUT2D eigenvalue weighted by Gasteiger charge is 2.18. The van der Waals surface area contributed by atoms with Crippen LogP contribution >= 0.6 is 0 Å². The van der Waals surface area contributed by atoms with E-state index in [0.717, 1.165) is 39.2 Å². The number of nitrogens with one attached hydrogen (secondary N) is 2. The second kappa shape index (κ2) is 6.97. The number of H-pyrrole nitrogens is 1. The van der Waals surface area contributed by atoms with Crippen LogP contribution in [-0.2, 0) is 6.54 Å². The number of ether oxygens (including phenoxy) is 1. The molecule has 8 heteroatoms. The fraction of sp³-hybridized carbons (Fsp3) is 0.190. The van der Waals surface area contributed by atoms with Crippen molar-refractivity contribution in [2.75, 3.05) is 5.32 Å². The fourth-order valence-corrected chi connectivity index (χ4v) is 3.39. The van der Waals surface area contributed by atoms with Gasteiger partial charge in [0, 0.05) is 24.2 Å². The quantitative estimate of drug-likeness (QED) is 0.541. The van der Waals surface area contributed by atoms with Crippen molar-refractivity contribution in [3.05, 3.63) is 54.1 Å². The Kier molecular flexibility index (Phi) is 4.16. The molecule has 8 nitrogen and oxygen atoms in total. The fourth-order valence-electron chi connectivity index (χ4n) is 3.39. The monoisotopic (exact) mass is 385 g/mol. The molecule has 144 valence electrons. The molecule has 5 rings (SSSR count). The number of anilines is 2. The smallest absolute Gasteiger partial charge is 0.186 e. The van der Waals surface area contributed by atoms with Crippen LogP contribution in [0, 0.1) is 0 Å². The maximum absolute atomic E-state index is 6.06. The number of aromatic amines is 1. The van der Waals surface area contributed by atoms with E-state index in [9.17, 15) is 0 Å². The van der Waals surface area contributed by atoms with E-state index >= 15 is 0 Å². The lowest BCUT2D eigenvalue weighted by atomic mass is 10.1. The summed E-state index contributed by atoms with van der Waals surface area (Å²) in [6.07, 6.45) is 6.94. The molecule has 0 aliphatic carbocycles. The highest BCUT2D eigenvalue weighted by Crippen LogP contribution is 2.36. The van der Waals surface area contributed by atoms with Gasteiger partial charge in [-0.15, -0.1) is 0 Å². The molecular weight excluding hydrogens is 366 g/mol. The van der Waals surface area contributed by atoms with E-state index < -0.39 is 0 Å². The standard InChI is InChI=1S/C21H19N7O/c1-12(2)29-17-7-15-10-23-9-14(15)6-16(17)26-20-18-19(13-4-3-5-22-8-13)27-28-21(18)25-11-24-20/h3-9,11-12H,10H2,1-2H3,(H2,24,25,26,27,28). The van der Waals surface area contributed by atoms with Gasteiger partial charge in [-0.05, 0) is 49.2 Å². The van der Waals surface area contributed by atoms with Crippen LogP contribution in [0.15, 0.2) is 48.0 Å². The zero-order chi connectivity index (χ0) is 19.8. The summed E-state index contributed by atoms with van der Waals surface area (Å²) in [5, 5.41) is 11.6. The van der Waals surface area contributed by atoms with Gasteiger partial charge in [0.1, 0.15) is 17.9 Å². The lowest BCUT2D eigenvalue weighted by Crippen LogP contribution is -2.09. The third-order valence-corrected chi connectivity index (χ3v) is 4.65. The van der Waals surface area contributed by atoms with Gasteiger partial charge in [0.25, 0.3) is 0 Å². The normalized spacial score (nSPS) is 12.5. The predicted molar refractivity (Wildman–Crippen MR) is 112 cm³/mol. The van der Waals surface area contributed by atoms with E-state index in [1.165, 1.54) is 6.33 Å². The Morgan fingerprint density at radius 2 is 2.14 bits per heavy atom. The molecule has 4 aromatic rings. The van der Waals surface area contributed by atoms with Crippen molar-refractivity contribution in [2.45, 2.75) is 26.5 Å². The molecule has 4 heterocycles. The summed E-state index contributed by atoms with van der Waals surface area (Å²) in [5.74, 6) is 1.41. The Bertz CT molecular complexity index is 1210. The zero-order valence-corrected chi connectivity index (χ0v) is 16.0. The molecule has 3 aromatic heterocycles. The molecule has 0 unspecified atom stereocenters. The number of aliphatic imine (C=N–C) groups is 1. The molecule has 0 saturated heterocycles. The molecule has 0 amide bonds. The number of rotatable bonds is 5. The van der Waals surface area contributed by atoms with E-state index in [-0.39, 0.29) is 6.10 Å². The number of nitrogens with zero attached hydrogens (tertiary/aromatic N) is 5. The summed E-state index contributed by atoms with van der Waals surface area (Å²) in [6, 6.07) is 7.94. The number of hydrogen-bond acceptors (Lipinski definition) is 7. The third-order valence-electron chi connectivity index (χ3n) is 4.65. The van der Waals surface area contributed by atoms with E-state index in [1.807, 2.05) is 44.3 Å². The minimum Gasteiger partial charge on any atom is -0.489 e. The highest BCUT2D eigenvalue weighted by atomic mass is 16.5. The van der Waals surface area contributed by atoms with Crippen LogP contribution in [0.25, 0.3) is 22.3 Å². The minimum atomic E-state index is 0.0428. The predicted octanol–water partition coefficient (Wildman–Crippen LogP) is 3.88. The molecule has 0 bridgehead atoms. The molecule has 2 N–H and O–H groups in total. The Labute approximate surface area is 167 Å². The zero-order valence-electron chi connectivity index (χ0n) is 16.0. The van der Waals surface area contributed by atoms with E-state index in [0.29, 0.717) is 18.0 Å². The van der Waals surface area contributed by atoms with Crippen LogP contribution in [0.5, 0.6) is 5.75 Å². The van der Waals surface area contributed by atoms with Crippen LogP contribution < -0.4 is 10.1 Å². The minimum absolute atomic E-state index is 0.0428. The SMILES string of the molecule is CC(C)Oc1cc2c(cc1Nc1ncnc3n[nH]c(-c4cccnc4)c13)C=NC2. The Balaban J connectivity index is 1.63. The summed E-state index contributed by atoms with van der Waals surface area (Å²) in [5.41, 5.74) is 5.35. The van der Waals surface area contributed by atoms with Gasteiger partial charge in [0.2, 0.25) is 0 Å². The summed E-state index contributed by atoms with van der Waals surface area (Å²) < 4.78 is 6.06. The molecule has 1 aliphatic rings. The van der Waals surface area contributed by atoms with E-state index in [4.69, 9.17) is 4.74 Å². The third kappa shape index (κ3) is 3.18. The van der Waals surface area contributed by atoms with Crippen molar-refractivity contribution >= 4 is 28.8 Å². The lowest BCUT2D eigenvalue weighted by Gasteiger charge is -2.17. The first-order chi connectivity index (χ1) is 14.2. The first-order valence-corrected chi connectivity index (χ1v) is 9.39. The van der Waals surface area contributed by atoms with Gasteiger partial charge in [-0.3, -0.25) is 15.1 Å². The number of benzene rings is 1. The molecular formula is C21H19N7O. The van der Waals surface area contributed by atoms with Crippen molar-refractivity contribution < 1.29 is 4.74 Å². The van der Waals surface area contributed by atoms with Gasteiger partial charge < -0.3 is 10.1 Å². The summed E-state index contributed by atoms with van der Waals surface area (Å²) in [7, 11) is 0. The van der Waals surface area contributed by atoms with Gasteiger partial charge in [0.15, 0.2) is 5.65 Å². The number of fused-ring (bicyclic) bond motifs is 2. The Hall–Kier alpha value is -3.81. The number of aromatic nitrogens is 5. The largest absolute Gasteiger partial charge is 0.489 e. The maximum Gasteiger partial charge on any atom is 0.186 e. The molecule has 0 fully saturated rings. The molecule has 1 aromatic carbocycles. The maximum atomic E-state index is 6.06. The molecule has 0 radical (unpaired) electrons. The second-order valence-corrected chi connectivity index (χ2v) is 7.07. The number of hydrogen-bond donors (Lipinski definition) is 2. The highest BCUT2D eigenvalue weighted by molar-refractivity contribution is 6.00. The van der Waals surface area contributed by atoms with Crippen molar-refractivity contribution in [3.63, 3.8) is 0 Å². The van der Waals surface area contributed by atoms with Crippen LogP contribution in [0.3, 0.4) is 0 Å². The van der Waals surface area contributed by atoms with E-state index in [2.05, 4.69) is 35.5 Å². The van der Waals surface area contributed by atoms with Crippen molar-refractivity contribution in [1.82, 2.24) is 25.1 Å². The molecule has 0 saturated carbocycles. The second-order valence-electron chi connectivity index (χ2n) is 7.07. The molecule has 0 atom stereocenters. The van der Waals surface area contributed by atoms with Crippen molar-refractivity contribution in [2.24, 2.45) is 4.99 Å². The average Bonchev–Trinajstić information content (AvgIpc) is 3.35. The van der Waals surface area contributed by atoms with Gasteiger partial charge in [-0.25, -0.2) is 9.97 Å². The van der Waals surface area contributed by atoms with Crippen LogP contribution in [0.1, 0.15) is 25.0 Å². The van der Waals surface area contributed by atoms with Gasteiger partial charge in [-0.2, -0.15) is 5.10 Å². The van der Waals surface area contributed by atoms with Crippen molar-refractivity contribution in [1.29, 1.82) is 0 Å². The Morgan fingerprint density at radius 1 is 1.21 bits per heavy atom. The van der Waals surface area contributed by atoms with Crippen LogP contribution in [-0.4, -0.2) is 37.5 Å². The molecule has 0 spiro atoms. The van der Waals surface area contributed by atoms with Gasteiger partial charge >= 0.3 is 0 Å². The Morgan fingerprint density at radius 3 is 2.97 bits per heavy atom. The van der Waals surface area contributed by atoms with Gasteiger partial charge in [0.05, 0.1) is 29.4 Å². The lowest BCUT2D eigenvalue weighted by molar-refractivity contribution is 0.243. The molecule has 29 heavy (non-hydrogen) atoms. The summed E-state index contributed by atoms with van der Waals surface area (Å²) in [4.78, 5) is 17.3. The average molecular weight is 385 g/mol. The van der Waals surface area contributed by atoms with Gasteiger partial charge in [-0.1, -0.05) is 0 Å². The summed E-state index contributed by atoms with van der Waals surface area (Å²) in [6.45, 7) is 4.69. The van der Waals surface area contributed by atoms with E-state index in [1.54, 1.807) is 12.4 Å². The molecule has 1 aliphatic heterocycles. The number of pyridine rings is 1. The topological polar surface area (TPSA) is 101 Å². The first kappa shape index (κ1) is 17.3. The summed E-state index contributed by atoms with van der Waals surface area (Å²) >= 11 is 0. The first-order valence-electron chi connectivity index (χ1n) is 9.39.